The Kier molecular flexibility index (Phi) is 6.73. The van der Waals surface area contributed by atoms with Crippen LogP contribution in [-0.4, -0.2) is 19.0 Å². The summed E-state index contributed by atoms with van der Waals surface area (Å²) in [5.41, 5.74) is 4.96. The molecule has 3 N–H and O–H groups in total. The van der Waals surface area contributed by atoms with Gasteiger partial charge in [-0.1, -0.05) is 6.08 Å². The molecule has 0 heterocycles. The van der Waals surface area contributed by atoms with Crippen LogP contribution in [0.15, 0.2) is 12.7 Å². The molecule has 0 radical (unpaired) electrons. The van der Waals surface area contributed by atoms with Crippen LogP contribution in [0.4, 0.5) is 0 Å². The first-order valence-electron chi connectivity index (χ1n) is 3.87. The van der Waals surface area contributed by atoms with E-state index in [4.69, 9.17) is 5.73 Å². The second kappa shape index (κ2) is 7.28. The molecule has 64 valence electrons. The highest BCUT2D eigenvalue weighted by Gasteiger charge is 1.92. The number of nitrogens with two attached hydrogens (primary N) is 1. The Bertz CT molecular complexity index is 123. The Morgan fingerprint density at radius 1 is 1.55 bits per heavy atom. The van der Waals surface area contributed by atoms with Gasteiger partial charge in [0.15, 0.2) is 0 Å². The number of nitrogens with one attached hydrogen (secondary N) is 1. The van der Waals surface area contributed by atoms with Crippen LogP contribution < -0.4 is 11.1 Å². The maximum atomic E-state index is 10.3. The summed E-state index contributed by atoms with van der Waals surface area (Å²) in [5.74, 6) is -0.214. The smallest absolute Gasteiger partial charge is 0.217 e. The Morgan fingerprint density at radius 3 is 2.82 bits per heavy atom. The molecule has 0 atom stereocenters. The molecule has 0 aliphatic rings. The monoisotopic (exact) mass is 156 g/mol. The van der Waals surface area contributed by atoms with Crippen LogP contribution in [0.25, 0.3) is 0 Å². The molecule has 0 saturated carbocycles. The molecule has 0 spiro atoms. The van der Waals surface area contributed by atoms with Gasteiger partial charge in [0.1, 0.15) is 0 Å². The van der Waals surface area contributed by atoms with Crippen molar-refractivity contribution < 1.29 is 4.79 Å². The molecule has 0 aromatic rings. The van der Waals surface area contributed by atoms with E-state index in [9.17, 15) is 4.79 Å². The molecule has 0 bridgehead atoms. The summed E-state index contributed by atoms with van der Waals surface area (Å²) in [7, 11) is 0. The van der Waals surface area contributed by atoms with Gasteiger partial charge in [-0.3, -0.25) is 4.79 Å². The second-order valence-corrected chi connectivity index (χ2v) is 2.42. The lowest BCUT2D eigenvalue weighted by molar-refractivity contribution is -0.118. The highest BCUT2D eigenvalue weighted by atomic mass is 16.1. The third-order valence-corrected chi connectivity index (χ3v) is 1.32. The molecule has 3 nitrogen and oxygen atoms in total. The third-order valence-electron chi connectivity index (χ3n) is 1.32. The zero-order chi connectivity index (χ0) is 8.53. The van der Waals surface area contributed by atoms with Gasteiger partial charge in [-0.15, -0.1) is 6.58 Å². The normalized spacial score (nSPS) is 9.45. The zero-order valence-electron chi connectivity index (χ0n) is 6.81. The van der Waals surface area contributed by atoms with Gasteiger partial charge in [0.25, 0.3) is 0 Å². The van der Waals surface area contributed by atoms with Crippen LogP contribution in [0, 0.1) is 0 Å². The minimum atomic E-state index is -0.214. The zero-order valence-corrected chi connectivity index (χ0v) is 6.81. The lowest BCUT2D eigenvalue weighted by Gasteiger charge is -1.99. The quantitative estimate of drug-likeness (QED) is 0.414. The summed E-state index contributed by atoms with van der Waals surface area (Å²) in [5, 5.41) is 3.14. The van der Waals surface area contributed by atoms with Gasteiger partial charge in [0, 0.05) is 13.0 Å². The predicted molar refractivity (Wildman–Crippen MR) is 46.1 cm³/mol. The van der Waals surface area contributed by atoms with Crippen LogP contribution in [0.1, 0.15) is 19.3 Å². The fourth-order valence-corrected chi connectivity index (χ4v) is 0.753. The van der Waals surface area contributed by atoms with Crippen LogP contribution in [-0.2, 0) is 4.79 Å². The Labute approximate surface area is 67.7 Å². The molecule has 0 aliphatic heterocycles. The highest BCUT2D eigenvalue weighted by molar-refractivity contribution is 5.73. The van der Waals surface area contributed by atoms with E-state index in [2.05, 4.69) is 11.9 Å². The van der Waals surface area contributed by atoms with Crippen LogP contribution in [0.2, 0.25) is 0 Å². The predicted octanol–water partition coefficient (Wildman–Crippen LogP) is 0.418. The van der Waals surface area contributed by atoms with Crippen LogP contribution >= 0.6 is 0 Å². The average molecular weight is 156 g/mol. The number of rotatable bonds is 7. The fourth-order valence-electron chi connectivity index (χ4n) is 0.753. The van der Waals surface area contributed by atoms with Crippen molar-refractivity contribution in [1.29, 1.82) is 0 Å². The fraction of sp³-hybridized carbons (Fsp3) is 0.625. The number of carbonyl (C=O) groups is 1. The van der Waals surface area contributed by atoms with Gasteiger partial charge in [-0.25, -0.2) is 0 Å². The van der Waals surface area contributed by atoms with Crippen LogP contribution in [0.3, 0.4) is 0 Å². The number of hydrogen-bond acceptors (Lipinski definition) is 2. The van der Waals surface area contributed by atoms with Crippen LogP contribution in [0.5, 0.6) is 0 Å². The molecule has 0 aromatic heterocycles. The minimum absolute atomic E-state index is 0.214. The van der Waals surface area contributed by atoms with Crippen molar-refractivity contribution in [3.05, 3.63) is 12.7 Å². The van der Waals surface area contributed by atoms with Crippen molar-refractivity contribution in [1.82, 2.24) is 5.32 Å². The van der Waals surface area contributed by atoms with E-state index in [1.807, 2.05) is 6.08 Å². The summed E-state index contributed by atoms with van der Waals surface area (Å²) >= 11 is 0. The molecule has 0 aromatic carbocycles. The molecule has 0 aliphatic carbocycles. The minimum Gasteiger partial charge on any atom is -0.370 e. The lowest BCUT2D eigenvalue weighted by atomic mass is 10.2. The van der Waals surface area contributed by atoms with Gasteiger partial charge < -0.3 is 11.1 Å². The van der Waals surface area contributed by atoms with Gasteiger partial charge >= 0.3 is 0 Å². The van der Waals surface area contributed by atoms with Crippen molar-refractivity contribution in [2.24, 2.45) is 5.73 Å². The van der Waals surface area contributed by atoms with E-state index in [1.54, 1.807) is 0 Å². The highest BCUT2D eigenvalue weighted by Crippen LogP contribution is 1.91. The average Bonchev–Trinajstić information content (AvgIpc) is 1.96. The molecule has 0 rings (SSSR count). The summed E-state index contributed by atoms with van der Waals surface area (Å²) in [6, 6.07) is 0. The van der Waals surface area contributed by atoms with Crippen molar-refractivity contribution >= 4 is 5.91 Å². The second-order valence-electron chi connectivity index (χ2n) is 2.42. The molecule has 0 fully saturated rings. The molecule has 11 heavy (non-hydrogen) atoms. The van der Waals surface area contributed by atoms with E-state index in [0.29, 0.717) is 6.42 Å². The molecule has 0 unspecified atom stereocenters. The van der Waals surface area contributed by atoms with E-state index in [1.165, 1.54) is 0 Å². The van der Waals surface area contributed by atoms with Crippen molar-refractivity contribution in [3.8, 4) is 0 Å². The van der Waals surface area contributed by atoms with Gasteiger partial charge in [0.2, 0.25) is 5.91 Å². The third kappa shape index (κ3) is 9.17. The number of unbranched alkanes of at least 4 members (excludes halogenated alkanes) is 1. The number of amides is 1. The number of hydrogen-bond donors (Lipinski definition) is 2. The topological polar surface area (TPSA) is 55.1 Å². The standard InChI is InChI=1S/C8H16N2O/c1-2-6-10-7-4-3-5-8(9)11/h2,10H,1,3-7H2,(H2,9,11). The van der Waals surface area contributed by atoms with E-state index < -0.39 is 0 Å². The number of carbonyl (C=O) groups excluding carboxylic acids is 1. The number of primary amides is 1. The van der Waals surface area contributed by atoms with Crippen molar-refractivity contribution in [3.63, 3.8) is 0 Å². The first-order valence-corrected chi connectivity index (χ1v) is 3.87. The molecule has 0 saturated heterocycles. The maximum Gasteiger partial charge on any atom is 0.217 e. The van der Waals surface area contributed by atoms with E-state index >= 15 is 0 Å². The summed E-state index contributed by atoms with van der Waals surface area (Å²) in [6.07, 6.45) is 4.18. The maximum absolute atomic E-state index is 10.3. The summed E-state index contributed by atoms with van der Waals surface area (Å²) < 4.78 is 0. The van der Waals surface area contributed by atoms with Crippen molar-refractivity contribution in [2.45, 2.75) is 19.3 Å². The largest absolute Gasteiger partial charge is 0.370 e. The SMILES string of the molecule is C=CCNCCCCC(N)=O. The Balaban J connectivity index is 2.90. The molecular formula is C8H16N2O. The molecular weight excluding hydrogens is 140 g/mol. The van der Waals surface area contributed by atoms with E-state index in [0.717, 1.165) is 25.9 Å². The molecule has 1 amide bonds. The van der Waals surface area contributed by atoms with Gasteiger partial charge in [0.05, 0.1) is 0 Å². The first-order chi connectivity index (χ1) is 5.27. The van der Waals surface area contributed by atoms with Gasteiger partial charge in [-0.2, -0.15) is 0 Å². The summed E-state index contributed by atoms with van der Waals surface area (Å²) in [4.78, 5) is 10.3. The lowest BCUT2D eigenvalue weighted by Crippen LogP contribution is -2.16. The van der Waals surface area contributed by atoms with Crippen molar-refractivity contribution in [2.75, 3.05) is 13.1 Å². The first kappa shape index (κ1) is 10.2. The Morgan fingerprint density at radius 2 is 2.27 bits per heavy atom. The van der Waals surface area contributed by atoms with E-state index in [-0.39, 0.29) is 5.91 Å². The molecule has 3 heteroatoms. The Hall–Kier alpha value is -0.830. The van der Waals surface area contributed by atoms with Gasteiger partial charge in [-0.05, 0) is 19.4 Å². The summed E-state index contributed by atoms with van der Waals surface area (Å²) in [6.45, 7) is 5.33.